The van der Waals surface area contributed by atoms with Crippen molar-refractivity contribution in [1.29, 1.82) is 0 Å². The molecule has 0 aromatic heterocycles. The van der Waals surface area contributed by atoms with Gasteiger partial charge in [-0.2, -0.15) is 0 Å². The molecule has 1 aliphatic heterocycles. The molecule has 1 aliphatic rings. The normalized spacial score (nSPS) is 16.7. The number of nitrogens with zero attached hydrogens (tertiary/aromatic N) is 2. The molecule has 98 valence electrons. The van der Waals surface area contributed by atoms with E-state index in [2.05, 4.69) is 26.1 Å². The van der Waals surface area contributed by atoms with Gasteiger partial charge in [0.1, 0.15) is 0 Å². The summed E-state index contributed by atoms with van der Waals surface area (Å²) in [5.41, 5.74) is 0.572. The number of nitro groups is 1. The van der Waals surface area contributed by atoms with Gasteiger partial charge in [0.25, 0.3) is 0 Å². The Bertz CT molecular complexity index is 461. The molecule has 2 N–H and O–H groups in total. The third-order valence-corrected chi connectivity index (χ3v) is 3.52. The van der Waals surface area contributed by atoms with Crippen molar-refractivity contribution in [3.63, 3.8) is 0 Å². The molecule has 0 amide bonds. The van der Waals surface area contributed by atoms with E-state index in [0.717, 1.165) is 31.7 Å². The minimum absolute atomic E-state index is 0.255. The zero-order valence-electron chi connectivity index (χ0n) is 9.73. The molecule has 0 atom stereocenters. The van der Waals surface area contributed by atoms with Crippen molar-refractivity contribution in [2.75, 3.05) is 26.2 Å². The third kappa shape index (κ3) is 2.98. The van der Waals surface area contributed by atoms with E-state index in [9.17, 15) is 15.2 Å². The Morgan fingerprint density at radius 1 is 1.44 bits per heavy atom. The summed E-state index contributed by atoms with van der Waals surface area (Å²) in [6, 6.07) is 3.16. The number of nitro benzene ring substituents is 1. The van der Waals surface area contributed by atoms with E-state index in [1.165, 1.54) is 6.07 Å². The molecule has 0 bridgehead atoms. The van der Waals surface area contributed by atoms with Crippen molar-refractivity contribution in [3.05, 3.63) is 32.3 Å². The summed E-state index contributed by atoms with van der Waals surface area (Å²) >= 11 is 3.14. The second-order valence-electron chi connectivity index (χ2n) is 4.23. The van der Waals surface area contributed by atoms with Crippen LogP contribution in [-0.4, -0.2) is 41.1 Å². The van der Waals surface area contributed by atoms with Crippen molar-refractivity contribution in [2.45, 2.75) is 6.54 Å². The first kappa shape index (κ1) is 13.3. The Hall–Kier alpha value is -1.18. The standard InChI is InChI=1S/C11H14BrN3O3/c12-9-5-8(6-10(11(9)16)15(17)18)7-14-3-1-13-2-4-14/h5-6,13,16H,1-4,7H2. The van der Waals surface area contributed by atoms with Gasteiger partial charge in [0.15, 0.2) is 0 Å². The van der Waals surface area contributed by atoms with Crippen LogP contribution in [0.1, 0.15) is 5.56 Å². The summed E-state index contributed by atoms with van der Waals surface area (Å²) in [6.45, 7) is 4.36. The van der Waals surface area contributed by atoms with Crippen LogP contribution < -0.4 is 5.32 Å². The Morgan fingerprint density at radius 3 is 2.72 bits per heavy atom. The molecule has 0 spiro atoms. The second kappa shape index (κ2) is 5.64. The minimum atomic E-state index is -0.568. The van der Waals surface area contributed by atoms with Crippen LogP contribution >= 0.6 is 15.9 Å². The molecular formula is C11H14BrN3O3. The molecule has 1 saturated heterocycles. The average molecular weight is 316 g/mol. The lowest BCUT2D eigenvalue weighted by molar-refractivity contribution is -0.386. The number of phenols is 1. The van der Waals surface area contributed by atoms with Gasteiger partial charge in [0.2, 0.25) is 5.75 Å². The van der Waals surface area contributed by atoms with E-state index in [1.54, 1.807) is 6.07 Å². The van der Waals surface area contributed by atoms with E-state index >= 15 is 0 Å². The van der Waals surface area contributed by atoms with Gasteiger partial charge < -0.3 is 10.4 Å². The monoisotopic (exact) mass is 315 g/mol. The van der Waals surface area contributed by atoms with Crippen LogP contribution in [0.5, 0.6) is 5.75 Å². The number of hydrogen-bond acceptors (Lipinski definition) is 5. The number of piperazine rings is 1. The fourth-order valence-corrected chi connectivity index (χ4v) is 2.49. The number of phenolic OH excluding ortho intramolecular Hbond substituents is 1. The van der Waals surface area contributed by atoms with Gasteiger partial charge in [-0.15, -0.1) is 0 Å². The first-order chi connectivity index (χ1) is 8.58. The molecule has 1 aromatic rings. The smallest absolute Gasteiger partial charge is 0.312 e. The average Bonchev–Trinajstić information content (AvgIpc) is 2.34. The molecule has 2 rings (SSSR count). The van der Waals surface area contributed by atoms with Crippen molar-refractivity contribution in [1.82, 2.24) is 10.2 Å². The predicted molar refractivity (Wildman–Crippen MR) is 70.6 cm³/mol. The van der Waals surface area contributed by atoms with Gasteiger partial charge >= 0.3 is 5.69 Å². The number of halogens is 1. The van der Waals surface area contributed by atoms with Gasteiger partial charge in [0, 0.05) is 38.8 Å². The van der Waals surface area contributed by atoms with Crippen LogP contribution in [0.4, 0.5) is 5.69 Å². The van der Waals surface area contributed by atoms with Crippen molar-refractivity contribution >= 4 is 21.6 Å². The summed E-state index contributed by atoms with van der Waals surface area (Å²) in [6.07, 6.45) is 0. The van der Waals surface area contributed by atoms with Gasteiger partial charge in [-0.05, 0) is 27.6 Å². The highest BCUT2D eigenvalue weighted by atomic mass is 79.9. The summed E-state index contributed by atoms with van der Waals surface area (Å²) < 4.78 is 0.363. The van der Waals surface area contributed by atoms with Crippen LogP contribution in [-0.2, 0) is 6.54 Å². The molecular weight excluding hydrogens is 302 g/mol. The predicted octanol–water partition coefficient (Wildman–Crippen LogP) is 1.47. The molecule has 0 aliphatic carbocycles. The lowest BCUT2D eigenvalue weighted by atomic mass is 10.1. The molecule has 0 saturated carbocycles. The SMILES string of the molecule is O=[N+]([O-])c1cc(CN2CCNCC2)cc(Br)c1O. The van der Waals surface area contributed by atoms with Gasteiger partial charge in [0.05, 0.1) is 9.40 Å². The molecule has 18 heavy (non-hydrogen) atoms. The number of benzene rings is 1. The number of aromatic hydroxyl groups is 1. The fraction of sp³-hybridized carbons (Fsp3) is 0.455. The molecule has 1 heterocycles. The zero-order chi connectivity index (χ0) is 13.1. The minimum Gasteiger partial charge on any atom is -0.501 e. The fourth-order valence-electron chi connectivity index (χ4n) is 2.00. The quantitative estimate of drug-likeness (QED) is 0.652. The van der Waals surface area contributed by atoms with Crippen LogP contribution in [0.3, 0.4) is 0 Å². The van der Waals surface area contributed by atoms with Crippen molar-refractivity contribution in [3.8, 4) is 5.75 Å². The van der Waals surface area contributed by atoms with Gasteiger partial charge in [-0.1, -0.05) is 0 Å². The highest BCUT2D eigenvalue weighted by Crippen LogP contribution is 2.35. The zero-order valence-corrected chi connectivity index (χ0v) is 11.3. The van der Waals surface area contributed by atoms with Crippen LogP contribution in [0.2, 0.25) is 0 Å². The Balaban J connectivity index is 2.20. The van der Waals surface area contributed by atoms with Crippen LogP contribution in [0.15, 0.2) is 16.6 Å². The van der Waals surface area contributed by atoms with E-state index in [1.807, 2.05) is 0 Å². The van der Waals surface area contributed by atoms with Crippen LogP contribution in [0.25, 0.3) is 0 Å². The molecule has 6 nitrogen and oxygen atoms in total. The maximum absolute atomic E-state index is 10.8. The Labute approximate surface area is 113 Å². The second-order valence-corrected chi connectivity index (χ2v) is 5.08. The molecule has 0 radical (unpaired) electrons. The maximum atomic E-state index is 10.8. The lowest BCUT2D eigenvalue weighted by Crippen LogP contribution is -2.42. The largest absolute Gasteiger partial charge is 0.501 e. The Morgan fingerprint density at radius 2 is 2.11 bits per heavy atom. The highest BCUT2D eigenvalue weighted by molar-refractivity contribution is 9.10. The maximum Gasteiger partial charge on any atom is 0.312 e. The number of nitrogens with one attached hydrogen (secondary N) is 1. The topological polar surface area (TPSA) is 78.6 Å². The lowest BCUT2D eigenvalue weighted by Gasteiger charge is -2.27. The summed E-state index contributed by atoms with van der Waals surface area (Å²) in [5.74, 6) is -0.316. The molecule has 7 heteroatoms. The van der Waals surface area contributed by atoms with Crippen molar-refractivity contribution in [2.24, 2.45) is 0 Å². The van der Waals surface area contributed by atoms with E-state index in [-0.39, 0.29) is 11.4 Å². The van der Waals surface area contributed by atoms with Crippen molar-refractivity contribution < 1.29 is 10.0 Å². The van der Waals surface area contributed by atoms with E-state index in [0.29, 0.717) is 11.0 Å². The molecule has 1 fully saturated rings. The summed E-state index contributed by atoms with van der Waals surface area (Å²) in [7, 11) is 0. The van der Waals surface area contributed by atoms with E-state index < -0.39 is 4.92 Å². The third-order valence-electron chi connectivity index (χ3n) is 2.92. The highest BCUT2D eigenvalue weighted by Gasteiger charge is 2.19. The first-order valence-electron chi connectivity index (χ1n) is 5.67. The van der Waals surface area contributed by atoms with E-state index in [4.69, 9.17) is 0 Å². The number of hydrogen-bond donors (Lipinski definition) is 2. The first-order valence-corrected chi connectivity index (χ1v) is 6.46. The molecule has 0 unspecified atom stereocenters. The summed E-state index contributed by atoms with van der Waals surface area (Å²) in [4.78, 5) is 12.5. The number of rotatable bonds is 3. The van der Waals surface area contributed by atoms with Gasteiger partial charge in [-0.3, -0.25) is 15.0 Å². The summed E-state index contributed by atoms with van der Waals surface area (Å²) in [5, 5.41) is 23.7. The molecule has 1 aromatic carbocycles. The van der Waals surface area contributed by atoms with Gasteiger partial charge in [-0.25, -0.2) is 0 Å². The Kier molecular flexibility index (Phi) is 4.15. The van der Waals surface area contributed by atoms with Crippen LogP contribution in [0, 0.1) is 10.1 Å².